The monoisotopic (exact) mass is 340 g/mol. The lowest BCUT2D eigenvalue weighted by atomic mass is 10.0. The third-order valence-electron chi connectivity index (χ3n) is 4.15. The molecule has 1 atom stereocenters. The Morgan fingerprint density at radius 2 is 2.08 bits per heavy atom. The number of hydrogen-bond acceptors (Lipinski definition) is 4. The minimum absolute atomic E-state index is 0.108. The fraction of sp³-hybridized carbons (Fsp3) is 0.211. The maximum absolute atomic E-state index is 12.4. The number of fused-ring (bicyclic) bond motifs is 1. The predicted molar refractivity (Wildman–Crippen MR) is 95.0 cm³/mol. The zero-order valence-electron chi connectivity index (χ0n) is 13.8. The summed E-state index contributed by atoms with van der Waals surface area (Å²) in [6.45, 7) is -0.212. The number of H-pyrrole nitrogens is 1. The quantitative estimate of drug-likeness (QED) is 0.553. The van der Waals surface area contributed by atoms with Gasteiger partial charge in [0.05, 0.1) is 25.3 Å². The molecule has 0 radical (unpaired) electrons. The van der Waals surface area contributed by atoms with Gasteiger partial charge in [-0.1, -0.05) is 18.2 Å². The van der Waals surface area contributed by atoms with E-state index in [1.807, 2.05) is 30.5 Å². The van der Waals surface area contributed by atoms with Crippen molar-refractivity contribution in [3.05, 3.63) is 59.8 Å². The molecule has 130 valence electrons. The number of hydrogen-bond donors (Lipinski definition) is 4. The number of nitrogens with one attached hydrogen (secondary N) is 2. The third kappa shape index (κ3) is 3.59. The van der Waals surface area contributed by atoms with E-state index < -0.39 is 11.9 Å². The molecule has 1 amide bonds. The van der Waals surface area contributed by atoms with Crippen LogP contribution in [-0.4, -0.2) is 40.9 Å². The SMILES string of the molecule is COc1ccc(O)c(C(=O)NC(CO)Cc2c[nH]c3ccccc23)c1. The van der Waals surface area contributed by atoms with E-state index >= 15 is 0 Å². The molecule has 3 rings (SSSR count). The molecule has 0 aliphatic rings. The van der Waals surface area contributed by atoms with Crippen molar-refractivity contribution in [1.29, 1.82) is 0 Å². The predicted octanol–water partition coefficient (Wildman–Crippen LogP) is 2.22. The highest BCUT2D eigenvalue weighted by atomic mass is 16.5. The van der Waals surface area contributed by atoms with Crippen molar-refractivity contribution in [2.75, 3.05) is 13.7 Å². The van der Waals surface area contributed by atoms with Crippen molar-refractivity contribution < 1.29 is 19.7 Å². The number of para-hydroxylation sites is 1. The van der Waals surface area contributed by atoms with Gasteiger partial charge >= 0.3 is 0 Å². The van der Waals surface area contributed by atoms with Gasteiger partial charge in [0.15, 0.2) is 0 Å². The van der Waals surface area contributed by atoms with E-state index in [-0.39, 0.29) is 17.9 Å². The van der Waals surface area contributed by atoms with Crippen LogP contribution in [0.25, 0.3) is 10.9 Å². The van der Waals surface area contributed by atoms with Crippen LogP contribution in [0.15, 0.2) is 48.7 Å². The number of aromatic hydroxyl groups is 1. The summed E-state index contributed by atoms with van der Waals surface area (Å²) in [7, 11) is 1.49. The summed E-state index contributed by atoms with van der Waals surface area (Å²) >= 11 is 0. The number of phenolic OH excluding ortho intramolecular Hbond substituents is 1. The maximum Gasteiger partial charge on any atom is 0.255 e. The lowest BCUT2D eigenvalue weighted by Gasteiger charge is -2.17. The molecule has 0 saturated carbocycles. The number of rotatable bonds is 6. The Labute approximate surface area is 145 Å². The molecule has 0 bridgehead atoms. The first-order valence-electron chi connectivity index (χ1n) is 7.96. The average Bonchev–Trinajstić information content (AvgIpc) is 3.04. The van der Waals surface area contributed by atoms with Crippen molar-refractivity contribution in [2.45, 2.75) is 12.5 Å². The summed E-state index contributed by atoms with van der Waals surface area (Å²) < 4.78 is 5.08. The first-order chi connectivity index (χ1) is 12.1. The number of ether oxygens (including phenoxy) is 1. The number of carbonyl (C=O) groups excluding carboxylic acids is 1. The van der Waals surface area contributed by atoms with Gasteiger partial charge in [0.1, 0.15) is 11.5 Å². The molecule has 6 nitrogen and oxygen atoms in total. The van der Waals surface area contributed by atoms with Crippen LogP contribution in [0.3, 0.4) is 0 Å². The Morgan fingerprint density at radius 3 is 2.84 bits per heavy atom. The normalized spacial score (nSPS) is 12.1. The highest BCUT2D eigenvalue weighted by molar-refractivity contribution is 5.97. The lowest BCUT2D eigenvalue weighted by molar-refractivity contribution is 0.0913. The number of benzene rings is 2. The second-order valence-corrected chi connectivity index (χ2v) is 5.80. The Kier molecular flexibility index (Phi) is 4.90. The topological polar surface area (TPSA) is 94.6 Å². The second-order valence-electron chi connectivity index (χ2n) is 5.80. The van der Waals surface area contributed by atoms with Gasteiger partial charge < -0.3 is 25.3 Å². The minimum atomic E-state index is -0.475. The smallest absolute Gasteiger partial charge is 0.255 e. The van der Waals surface area contributed by atoms with Gasteiger partial charge in [-0.2, -0.15) is 0 Å². The van der Waals surface area contributed by atoms with E-state index in [0.29, 0.717) is 12.2 Å². The van der Waals surface area contributed by atoms with Crippen LogP contribution in [0.1, 0.15) is 15.9 Å². The summed E-state index contributed by atoms with van der Waals surface area (Å²) in [5, 5.41) is 23.4. The van der Waals surface area contributed by atoms with E-state index in [2.05, 4.69) is 10.3 Å². The molecule has 2 aromatic carbocycles. The number of phenols is 1. The van der Waals surface area contributed by atoms with Gasteiger partial charge in [0, 0.05) is 17.1 Å². The fourth-order valence-corrected chi connectivity index (χ4v) is 2.81. The molecule has 1 unspecified atom stereocenters. The molecule has 4 N–H and O–H groups in total. The molecule has 0 fully saturated rings. The van der Waals surface area contributed by atoms with Crippen LogP contribution in [-0.2, 0) is 6.42 Å². The minimum Gasteiger partial charge on any atom is -0.507 e. The zero-order chi connectivity index (χ0) is 17.8. The van der Waals surface area contributed by atoms with Gasteiger partial charge in [-0.15, -0.1) is 0 Å². The van der Waals surface area contributed by atoms with Crippen molar-refractivity contribution in [1.82, 2.24) is 10.3 Å². The number of aromatic amines is 1. The van der Waals surface area contributed by atoms with Gasteiger partial charge in [0.25, 0.3) is 5.91 Å². The van der Waals surface area contributed by atoms with E-state index in [1.54, 1.807) is 6.07 Å². The van der Waals surface area contributed by atoms with Gasteiger partial charge in [0.2, 0.25) is 0 Å². The number of aromatic nitrogens is 1. The number of amides is 1. The van der Waals surface area contributed by atoms with Crippen LogP contribution in [0.2, 0.25) is 0 Å². The molecule has 25 heavy (non-hydrogen) atoms. The van der Waals surface area contributed by atoms with Crippen LogP contribution in [0.5, 0.6) is 11.5 Å². The zero-order valence-corrected chi connectivity index (χ0v) is 13.8. The van der Waals surface area contributed by atoms with Crippen LogP contribution < -0.4 is 10.1 Å². The molecule has 0 saturated heterocycles. The van der Waals surface area contributed by atoms with Gasteiger partial charge in [-0.25, -0.2) is 0 Å². The highest BCUT2D eigenvalue weighted by Crippen LogP contribution is 2.23. The van der Waals surface area contributed by atoms with E-state index in [4.69, 9.17) is 4.74 Å². The lowest BCUT2D eigenvalue weighted by Crippen LogP contribution is -2.39. The average molecular weight is 340 g/mol. The molecule has 0 aliphatic carbocycles. The first kappa shape index (κ1) is 16.9. The summed E-state index contributed by atoms with van der Waals surface area (Å²) in [5.41, 5.74) is 2.12. The second kappa shape index (κ2) is 7.27. The molecular weight excluding hydrogens is 320 g/mol. The summed E-state index contributed by atoms with van der Waals surface area (Å²) in [4.78, 5) is 15.6. The number of methoxy groups -OCH3 is 1. The Balaban J connectivity index is 1.77. The van der Waals surface area contributed by atoms with Gasteiger partial charge in [-0.05, 0) is 36.2 Å². The van der Waals surface area contributed by atoms with Crippen molar-refractivity contribution in [3.8, 4) is 11.5 Å². The van der Waals surface area contributed by atoms with E-state index in [9.17, 15) is 15.0 Å². The van der Waals surface area contributed by atoms with Crippen molar-refractivity contribution in [3.63, 3.8) is 0 Å². The van der Waals surface area contributed by atoms with Crippen molar-refractivity contribution >= 4 is 16.8 Å². The van der Waals surface area contributed by atoms with Gasteiger partial charge in [-0.3, -0.25) is 4.79 Å². The number of aliphatic hydroxyl groups is 1. The first-order valence-corrected chi connectivity index (χ1v) is 7.96. The third-order valence-corrected chi connectivity index (χ3v) is 4.15. The van der Waals surface area contributed by atoms with Crippen molar-refractivity contribution in [2.24, 2.45) is 0 Å². The van der Waals surface area contributed by atoms with E-state index in [1.165, 1.54) is 19.2 Å². The molecular formula is C19H20N2O4. The highest BCUT2D eigenvalue weighted by Gasteiger charge is 2.18. The van der Waals surface area contributed by atoms with Crippen LogP contribution in [0.4, 0.5) is 0 Å². The standard InChI is InChI=1S/C19H20N2O4/c1-25-14-6-7-18(23)16(9-14)19(24)21-13(11-22)8-12-10-20-17-5-3-2-4-15(12)17/h2-7,9-10,13,20,22-23H,8,11H2,1H3,(H,21,24). The Bertz CT molecular complexity index is 888. The molecule has 3 aromatic rings. The molecule has 1 aromatic heterocycles. The maximum atomic E-state index is 12.4. The molecule has 0 spiro atoms. The fourth-order valence-electron chi connectivity index (χ4n) is 2.81. The molecule has 6 heteroatoms. The Morgan fingerprint density at radius 1 is 1.28 bits per heavy atom. The van der Waals surface area contributed by atoms with Crippen LogP contribution >= 0.6 is 0 Å². The summed E-state index contributed by atoms with van der Waals surface area (Å²) in [5.74, 6) is -0.127. The summed E-state index contributed by atoms with van der Waals surface area (Å²) in [6.07, 6.45) is 2.35. The summed E-state index contributed by atoms with van der Waals surface area (Å²) in [6, 6.07) is 11.8. The largest absolute Gasteiger partial charge is 0.507 e. The van der Waals surface area contributed by atoms with E-state index in [0.717, 1.165) is 16.5 Å². The molecule has 0 aliphatic heterocycles. The Hall–Kier alpha value is -2.99. The van der Waals surface area contributed by atoms with Crippen LogP contribution in [0, 0.1) is 0 Å². The number of carbonyl (C=O) groups is 1. The number of aliphatic hydroxyl groups excluding tert-OH is 1. The molecule has 1 heterocycles.